The van der Waals surface area contributed by atoms with Crippen LogP contribution in [0.1, 0.15) is 168 Å². The Morgan fingerprint density at radius 1 is 0.508 bits per heavy atom. The van der Waals surface area contributed by atoms with Crippen LogP contribution in [0.5, 0.6) is 0 Å². The van der Waals surface area contributed by atoms with Gasteiger partial charge in [-0.2, -0.15) is 0 Å². The summed E-state index contributed by atoms with van der Waals surface area (Å²) in [6.07, 6.45) is 61.9. The molecule has 0 aromatic carbocycles. The number of rotatable bonds is 42. The molecule has 0 bridgehead atoms. The van der Waals surface area contributed by atoms with Gasteiger partial charge in [0.15, 0.2) is 6.10 Å². The van der Waals surface area contributed by atoms with E-state index in [1.807, 2.05) is 0 Å². The molecule has 346 valence electrons. The fourth-order valence-electron chi connectivity index (χ4n) is 5.74. The third-order valence-electron chi connectivity index (χ3n) is 9.17. The van der Waals surface area contributed by atoms with Crippen molar-refractivity contribution in [2.75, 3.05) is 26.4 Å². The molecule has 61 heavy (non-hydrogen) atoms. The van der Waals surface area contributed by atoms with Crippen molar-refractivity contribution >= 4 is 19.8 Å². The summed E-state index contributed by atoms with van der Waals surface area (Å²) in [6, 6.07) is 0. The van der Waals surface area contributed by atoms with E-state index in [9.17, 15) is 19.0 Å². The molecular weight excluding hydrogens is 786 g/mol. The number of ether oxygens (including phenoxy) is 2. The number of nitrogens with two attached hydrogens (primary N) is 1. The third kappa shape index (κ3) is 46.0. The molecule has 0 heterocycles. The lowest BCUT2D eigenvalue weighted by Crippen LogP contribution is -2.29. The van der Waals surface area contributed by atoms with E-state index < -0.39 is 32.5 Å². The average molecular weight is 870 g/mol. The predicted octanol–water partition coefficient (Wildman–Crippen LogP) is 13.9. The van der Waals surface area contributed by atoms with E-state index in [1.54, 1.807) is 0 Å². The first kappa shape index (κ1) is 57.7. The van der Waals surface area contributed by atoms with E-state index in [2.05, 4.69) is 123 Å². The molecule has 2 unspecified atom stereocenters. The van der Waals surface area contributed by atoms with Crippen LogP contribution in [0.2, 0.25) is 0 Å². The first-order valence-corrected chi connectivity index (χ1v) is 24.9. The molecule has 3 N–H and O–H groups in total. The Hall–Kier alpha value is -3.33. The van der Waals surface area contributed by atoms with E-state index >= 15 is 0 Å². The van der Waals surface area contributed by atoms with Crippen LogP contribution in [0.4, 0.5) is 0 Å². The monoisotopic (exact) mass is 870 g/mol. The van der Waals surface area contributed by atoms with Crippen LogP contribution in [0, 0.1) is 0 Å². The van der Waals surface area contributed by atoms with Gasteiger partial charge in [-0.3, -0.25) is 18.6 Å². The van der Waals surface area contributed by atoms with Crippen LogP contribution in [-0.4, -0.2) is 49.3 Å². The standard InChI is InChI=1S/C51H84NO8P/c1-3-5-7-9-10-11-12-13-14-15-16-17-18-19-20-21-22-23-24-25-26-27-28-29-30-31-32-33-34-35-36-37-38-40-42-44-51(54)60-49(48-59-61(55,56)58-46-45-52)47-57-50(53)43-41-39-8-6-4-2/h5,7,10-11,13-14,16-17,19-20,22-23,25-26,28-29,31-32,49H,3-4,6,8-9,12,15,18,21,24,27,30,33-48,52H2,1-2H3,(H,55,56)/b7-5-,11-10-,14-13-,17-16-,20-19-,23-22-,26-25-,29-28-,32-31-. The van der Waals surface area contributed by atoms with Gasteiger partial charge in [-0.25, -0.2) is 4.57 Å². The SMILES string of the molecule is CC/C=C\C/C=C\C/C=C\C/C=C\C/C=C\C/C=C\C/C=C\C/C=C\C/C=C\CCCCCCCCCC(=O)OC(COC(=O)CCCCCCC)COP(=O)(O)OCCN. The summed E-state index contributed by atoms with van der Waals surface area (Å²) < 4.78 is 32.5. The van der Waals surface area contributed by atoms with Crippen LogP contribution in [0.25, 0.3) is 0 Å². The molecular formula is C51H84NO8P. The van der Waals surface area contributed by atoms with Gasteiger partial charge in [-0.1, -0.05) is 181 Å². The van der Waals surface area contributed by atoms with E-state index in [-0.39, 0.29) is 32.6 Å². The first-order valence-electron chi connectivity index (χ1n) is 23.4. The number of unbranched alkanes of at least 4 members (excludes halogenated alkanes) is 11. The molecule has 2 atom stereocenters. The Kier molecular flexibility index (Phi) is 43.7. The van der Waals surface area contributed by atoms with Crippen LogP contribution in [-0.2, 0) is 32.7 Å². The van der Waals surface area contributed by atoms with Gasteiger partial charge < -0.3 is 20.1 Å². The van der Waals surface area contributed by atoms with Crippen molar-refractivity contribution in [2.24, 2.45) is 5.73 Å². The number of hydrogen-bond donors (Lipinski definition) is 2. The Bertz CT molecular complexity index is 1360. The van der Waals surface area contributed by atoms with Crippen LogP contribution in [0.15, 0.2) is 109 Å². The van der Waals surface area contributed by atoms with Crippen molar-refractivity contribution in [3.8, 4) is 0 Å². The second-order valence-corrected chi connectivity index (χ2v) is 16.3. The predicted molar refractivity (Wildman–Crippen MR) is 256 cm³/mol. The molecule has 0 saturated heterocycles. The number of carbonyl (C=O) groups is 2. The maximum absolute atomic E-state index is 12.5. The van der Waals surface area contributed by atoms with Crippen molar-refractivity contribution in [2.45, 2.75) is 174 Å². The minimum atomic E-state index is -4.37. The number of phosphoric acid groups is 1. The molecule has 0 aromatic rings. The van der Waals surface area contributed by atoms with E-state index in [0.717, 1.165) is 116 Å². The third-order valence-corrected chi connectivity index (χ3v) is 10.2. The maximum atomic E-state index is 12.5. The van der Waals surface area contributed by atoms with Crippen molar-refractivity contribution < 1.29 is 37.6 Å². The van der Waals surface area contributed by atoms with E-state index in [1.165, 1.54) is 19.3 Å². The highest BCUT2D eigenvalue weighted by atomic mass is 31.2. The van der Waals surface area contributed by atoms with Gasteiger partial charge in [0, 0.05) is 19.4 Å². The quantitative estimate of drug-likeness (QED) is 0.0266. The molecule has 10 heteroatoms. The molecule has 9 nitrogen and oxygen atoms in total. The number of phosphoric ester groups is 1. The van der Waals surface area contributed by atoms with E-state index in [4.69, 9.17) is 24.3 Å². The lowest BCUT2D eigenvalue weighted by Gasteiger charge is -2.19. The first-order chi connectivity index (χ1) is 29.8. The molecule has 0 aliphatic carbocycles. The van der Waals surface area contributed by atoms with Crippen molar-refractivity contribution in [3.63, 3.8) is 0 Å². The second kappa shape index (κ2) is 46.2. The molecule has 0 aliphatic rings. The van der Waals surface area contributed by atoms with Crippen LogP contribution < -0.4 is 5.73 Å². The molecule has 0 aromatic heterocycles. The fraction of sp³-hybridized carbons (Fsp3) is 0.608. The Morgan fingerprint density at radius 2 is 0.902 bits per heavy atom. The zero-order valence-electron chi connectivity index (χ0n) is 38.1. The van der Waals surface area contributed by atoms with Crippen LogP contribution >= 0.6 is 7.82 Å². The number of hydrogen-bond acceptors (Lipinski definition) is 8. The van der Waals surface area contributed by atoms with E-state index in [0.29, 0.717) is 6.42 Å². The highest BCUT2D eigenvalue weighted by Crippen LogP contribution is 2.43. The Balaban J connectivity index is 3.95. The zero-order chi connectivity index (χ0) is 44.6. The van der Waals surface area contributed by atoms with Gasteiger partial charge in [0.25, 0.3) is 0 Å². The summed E-state index contributed by atoms with van der Waals surface area (Å²) in [6.45, 7) is 3.47. The van der Waals surface area contributed by atoms with Gasteiger partial charge in [0.05, 0.1) is 13.2 Å². The lowest BCUT2D eigenvalue weighted by molar-refractivity contribution is -0.161. The summed E-state index contributed by atoms with van der Waals surface area (Å²) in [5, 5.41) is 0. The molecule has 0 amide bonds. The van der Waals surface area contributed by atoms with Gasteiger partial charge in [0.1, 0.15) is 6.61 Å². The maximum Gasteiger partial charge on any atom is 0.472 e. The second-order valence-electron chi connectivity index (χ2n) is 14.9. The largest absolute Gasteiger partial charge is 0.472 e. The highest BCUT2D eigenvalue weighted by Gasteiger charge is 2.26. The molecule has 0 aliphatic heterocycles. The summed E-state index contributed by atoms with van der Waals surface area (Å²) in [7, 11) is -4.37. The topological polar surface area (TPSA) is 134 Å². The molecule has 0 radical (unpaired) electrons. The summed E-state index contributed by atoms with van der Waals surface area (Å²) >= 11 is 0. The van der Waals surface area contributed by atoms with Gasteiger partial charge >= 0.3 is 19.8 Å². The van der Waals surface area contributed by atoms with Gasteiger partial charge in [0.2, 0.25) is 0 Å². The average Bonchev–Trinajstić information content (AvgIpc) is 3.25. The smallest absolute Gasteiger partial charge is 0.462 e. The van der Waals surface area contributed by atoms with Crippen molar-refractivity contribution in [1.29, 1.82) is 0 Å². The molecule has 0 rings (SSSR count). The van der Waals surface area contributed by atoms with Gasteiger partial charge in [-0.05, 0) is 83.5 Å². The summed E-state index contributed by atoms with van der Waals surface area (Å²) in [4.78, 5) is 34.5. The lowest BCUT2D eigenvalue weighted by atomic mass is 10.1. The minimum absolute atomic E-state index is 0.0464. The van der Waals surface area contributed by atoms with Crippen molar-refractivity contribution in [1.82, 2.24) is 0 Å². The molecule has 0 saturated carbocycles. The normalized spacial score (nSPS) is 14.2. The van der Waals surface area contributed by atoms with Crippen LogP contribution in [0.3, 0.4) is 0 Å². The number of esters is 2. The highest BCUT2D eigenvalue weighted by molar-refractivity contribution is 7.47. The number of allylic oxidation sites excluding steroid dienone is 18. The van der Waals surface area contributed by atoms with Gasteiger partial charge in [-0.15, -0.1) is 0 Å². The summed E-state index contributed by atoms with van der Waals surface area (Å²) in [5.41, 5.74) is 5.32. The molecule has 0 fully saturated rings. The Morgan fingerprint density at radius 3 is 1.34 bits per heavy atom. The zero-order valence-corrected chi connectivity index (χ0v) is 39.0. The minimum Gasteiger partial charge on any atom is -0.462 e. The Labute approximate surface area is 371 Å². The molecule has 0 spiro atoms. The summed E-state index contributed by atoms with van der Waals surface area (Å²) in [5.74, 6) is -0.866. The van der Waals surface area contributed by atoms with Crippen molar-refractivity contribution in [3.05, 3.63) is 109 Å². The number of carbonyl (C=O) groups excluding carboxylic acids is 2. The fourth-order valence-corrected chi connectivity index (χ4v) is 6.51.